The molecule has 1 atom stereocenters. The van der Waals surface area contributed by atoms with Crippen LogP contribution in [-0.4, -0.2) is 40.3 Å². The molecule has 0 N–H and O–H groups in total. The van der Waals surface area contributed by atoms with Gasteiger partial charge in [0.25, 0.3) is 0 Å². The Morgan fingerprint density at radius 3 is 3.11 bits per heavy atom. The van der Waals surface area contributed by atoms with E-state index in [9.17, 15) is 4.79 Å². The summed E-state index contributed by atoms with van der Waals surface area (Å²) in [5.41, 5.74) is 0.340. The molecule has 1 saturated carbocycles. The first kappa shape index (κ1) is 11.6. The molecule has 18 heavy (non-hydrogen) atoms. The van der Waals surface area contributed by atoms with Gasteiger partial charge >= 0.3 is 5.97 Å². The van der Waals surface area contributed by atoms with E-state index in [1.807, 2.05) is 0 Å². The van der Waals surface area contributed by atoms with E-state index in [1.165, 1.54) is 13.5 Å². The third kappa shape index (κ3) is 1.90. The molecule has 0 aromatic carbocycles. The molecule has 1 aliphatic heterocycles. The summed E-state index contributed by atoms with van der Waals surface area (Å²) in [6.45, 7) is 0.762. The van der Waals surface area contributed by atoms with Gasteiger partial charge in [0, 0.05) is 6.61 Å². The zero-order valence-electron chi connectivity index (χ0n) is 10.5. The fraction of sp³-hybridized carbons (Fsp3) is 0.750. The van der Waals surface area contributed by atoms with Gasteiger partial charge in [0.05, 0.1) is 24.9 Å². The largest absolute Gasteiger partial charge is 0.464 e. The molecule has 1 unspecified atom stereocenters. The van der Waals surface area contributed by atoms with E-state index in [-0.39, 0.29) is 17.3 Å². The average Bonchev–Trinajstić information content (AvgIpc) is 2.86. The van der Waals surface area contributed by atoms with Crippen molar-refractivity contribution in [2.24, 2.45) is 0 Å². The maximum atomic E-state index is 11.3. The molecular weight excluding hydrogens is 234 g/mol. The fourth-order valence-corrected chi connectivity index (χ4v) is 2.80. The predicted molar refractivity (Wildman–Crippen MR) is 62.2 cm³/mol. The summed E-state index contributed by atoms with van der Waals surface area (Å²) in [5, 5.41) is 7.89. The number of rotatable bonds is 2. The minimum absolute atomic E-state index is 0.0697. The smallest absolute Gasteiger partial charge is 0.360 e. The number of carbonyl (C=O) groups excluding carboxylic acids is 1. The molecule has 6 nitrogen and oxygen atoms in total. The zero-order chi connectivity index (χ0) is 12.6. The van der Waals surface area contributed by atoms with Crippen LogP contribution in [0.4, 0.5) is 0 Å². The second-order valence-electron chi connectivity index (χ2n) is 5.11. The Kier molecular flexibility index (Phi) is 2.81. The van der Waals surface area contributed by atoms with E-state index in [4.69, 9.17) is 4.74 Å². The Morgan fingerprint density at radius 1 is 1.61 bits per heavy atom. The van der Waals surface area contributed by atoms with Crippen LogP contribution in [0.1, 0.15) is 48.6 Å². The molecule has 0 amide bonds. The predicted octanol–water partition coefficient (Wildman–Crippen LogP) is 1.34. The lowest BCUT2D eigenvalue weighted by atomic mass is 9.74. The van der Waals surface area contributed by atoms with Gasteiger partial charge in [-0.1, -0.05) is 5.21 Å². The number of nitrogens with zero attached hydrogens (tertiary/aromatic N) is 3. The third-order valence-corrected chi connectivity index (χ3v) is 4.01. The molecule has 3 rings (SSSR count). The first-order valence-corrected chi connectivity index (χ1v) is 6.37. The second-order valence-corrected chi connectivity index (χ2v) is 5.11. The molecule has 98 valence electrons. The Hall–Kier alpha value is -1.43. The molecule has 1 aromatic heterocycles. The molecule has 1 aliphatic carbocycles. The Morgan fingerprint density at radius 2 is 2.44 bits per heavy atom. The molecule has 6 heteroatoms. The summed E-state index contributed by atoms with van der Waals surface area (Å²) in [4.78, 5) is 11.3. The van der Waals surface area contributed by atoms with Crippen molar-refractivity contribution in [1.29, 1.82) is 0 Å². The van der Waals surface area contributed by atoms with Gasteiger partial charge in [0.15, 0.2) is 5.69 Å². The Labute approximate surface area is 105 Å². The highest BCUT2D eigenvalue weighted by molar-refractivity contribution is 5.86. The highest BCUT2D eigenvalue weighted by Gasteiger charge is 2.43. The lowest BCUT2D eigenvalue weighted by Gasteiger charge is -2.47. The first-order valence-electron chi connectivity index (χ1n) is 6.37. The van der Waals surface area contributed by atoms with Crippen molar-refractivity contribution in [3.8, 4) is 0 Å². The molecule has 2 aliphatic rings. The van der Waals surface area contributed by atoms with Gasteiger partial charge in [0.1, 0.15) is 0 Å². The highest BCUT2D eigenvalue weighted by Crippen LogP contribution is 2.45. The average molecular weight is 251 g/mol. The molecule has 1 aromatic rings. The third-order valence-electron chi connectivity index (χ3n) is 4.01. The number of hydrogen-bond donors (Lipinski definition) is 0. The molecule has 2 fully saturated rings. The van der Waals surface area contributed by atoms with Crippen molar-refractivity contribution in [2.45, 2.75) is 43.7 Å². The van der Waals surface area contributed by atoms with E-state index in [0.717, 1.165) is 32.3 Å². The topological polar surface area (TPSA) is 66.2 Å². The van der Waals surface area contributed by atoms with Crippen LogP contribution in [0.5, 0.6) is 0 Å². The van der Waals surface area contributed by atoms with Crippen LogP contribution in [0, 0.1) is 0 Å². The lowest BCUT2D eigenvalue weighted by molar-refractivity contribution is -0.141. The quantitative estimate of drug-likeness (QED) is 0.742. The van der Waals surface area contributed by atoms with E-state index < -0.39 is 5.97 Å². The van der Waals surface area contributed by atoms with Crippen LogP contribution < -0.4 is 0 Å². The summed E-state index contributed by atoms with van der Waals surface area (Å²) in [6.07, 6.45) is 7.10. The van der Waals surface area contributed by atoms with Gasteiger partial charge in [-0.15, -0.1) is 5.10 Å². The number of esters is 1. The van der Waals surface area contributed by atoms with Crippen molar-refractivity contribution in [2.75, 3.05) is 13.7 Å². The maximum absolute atomic E-state index is 11.3. The molecule has 0 bridgehead atoms. The number of aromatic nitrogens is 3. The van der Waals surface area contributed by atoms with Crippen molar-refractivity contribution in [3.63, 3.8) is 0 Å². The maximum Gasteiger partial charge on any atom is 0.360 e. The minimum Gasteiger partial charge on any atom is -0.464 e. The number of ether oxygens (including phenoxy) is 2. The first-order chi connectivity index (χ1) is 8.72. The second kappa shape index (κ2) is 4.35. The van der Waals surface area contributed by atoms with E-state index in [0.29, 0.717) is 0 Å². The number of carbonyl (C=O) groups is 1. The SMILES string of the molecule is COC(=O)c1cn(C2CCOC3(CCC3)C2)nn1. The summed E-state index contributed by atoms with van der Waals surface area (Å²) < 4.78 is 12.3. The van der Waals surface area contributed by atoms with Crippen molar-refractivity contribution in [1.82, 2.24) is 15.0 Å². The fourth-order valence-electron chi connectivity index (χ4n) is 2.80. The van der Waals surface area contributed by atoms with Crippen LogP contribution in [0.15, 0.2) is 6.20 Å². The zero-order valence-corrected chi connectivity index (χ0v) is 10.5. The van der Waals surface area contributed by atoms with E-state index in [2.05, 4.69) is 15.0 Å². The summed E-state index contributed by atoms with van der Waals surface area (Å²) in [5.74, 6) is -0.438. The van der Waals surface area contributed by atoms with Gasteiger partial charge < -0.3 is 9.47 Å². The minimum atomic E-state index is -0.438. The van der Waals surface area contributed by atoms with Gasteiger partial charge in [-0.3, -0.25) is 0 Å². The summed E-state index contributed by atoms with van der Waals surface area (Å²) in [7, 11) is 1.35. The molecule has 2 heterocycles. The van der Waals surface area contributed by atoms with Gasteiger partial charge in [-0.25, -0.2) is 9.48 Å². The summed E-state index contributed by atoms with van der Waals surface area (Å²) in [6, 6.07) is 0.282. The monoisotopic (exact) mass is 251 g/mol. The van der Waals surface area contributed by atoms with Gasteiger partial charge in [0.2, 0.25) is 0 Å². The Balaban J connectivity index is 1.74. The van der Waals surface area contributed by atoms with Crippen LogP contribution in [0.3, 0.4) is 0 Å². The van der Waals surface area contributed by atoms with Gasteiger partial charge in [-0.2, -0.15) is 0 Å². The van der Waals surface area contributed by atoms with Crippen molar-refractivity contribution in [3.05, 3.63) is 11.9 Å². The Bertz CT molecular complexity index is 453. The standard InChI is InChI=1S/C12H17N3O3/c1-17-11(16)10-8-15(14-13-10)9-3-6-18-12(7-9)4-2-5-12/h8-9H,2-7H2,1H3. The van der Waals surface area contributed by atoms with Crippen molar-refractivity contribution < 1.29 is 14.3 Å². The van der Waals surface area contributed by atoms with Gasteiger partial charge in [-0.05, 0) is 32.1 Å². The molecule has 1 spiro atoms. The van der Waals surface area contributed by atoms with Crippen LogP contribution in [-0.2, 0) is 9.47 Å². The number of methoxy groups -OCH3 is 1. The van der Waals surface area contributed by atoms with Crippen LogP contribution in [0.25, 0.3) is 0 Å². The summed E-state index contributed by atoms with van der Waals surface area (Å²) >= 11 is 0. The van der Waals surface area contributed by atoms with Crippen LogP contribution >= 0.6 is 0 Å². The van der Waals surface area contributed by atoms with Crippen molar-refractivity contribution >= 4 is 5.97 Å². The highest BCUT2D eigenvalue weighted by atomic mass is 16.5. The van der Waals surface area contributed by atoms with E-state index in [1.54, 1.807) is 10.9 Å². The number of hydrogen-bond acceptors (Lipinski definition) is 5. The molecule has 1 saturated heterocycles. The lowest BCUT2D eigenvalue weighted by Crippen LogP contribution is -2.46. The normalized spacial score (nSPS) is 25.7. The van der Waals surface area contributed by atoms with Crippen LogP contribution in [0.2, 0.25) is 0 Å². The molecule has 0 radical (unpaired) electrons. The molecular formula is C12H17N3O3. The van der Waals surface area contributed by atoms with E-state index >= 15 is 0 Å².